The lowest BCUT2D eigenvalue weighted by Gasteiger charge is -2.20. The molecule has 1 amide bonds. The van der Waals surface area contributed by atoms with E-state index in [0.717, 1.165) is 12.0 Å². The number of amides is 1. The van der Waals surface area contributed by atoms with E-state index >= 15 is 0 Å². The molecule has 0 unspecified atom stereocenters. The molecule has 0 radical (unpaired) electrons. The van der Waals surface area contributed by atoms with E-state index in [0.29, 0.717) is 31.0 Å². The van der Waals surface area contributed by atoms with Crippen LogP contribution in [0, 0.1) is 0 Å². The fourth-order valence-corrected chi connectivity index (χ4v) is 3.79. The Hall–Kier alpha value is -3.02. The molecule has 1 atom stereocenters. The maximum absolute atomic E-state index is 12.3. The molecule has 1 aromatic carbocycles. The molecule has 150 valence electrons. The van der Waals surface area contributed by atoms with E-state index in [2.05, 4.69) is 38.6 Å². The molecule has 0 spiro atoms. The fraction of sp³-hybridized carbons (Fsp3) is 0.391. The lowest BCUT2D eigenvalue weighted by atomic mass is 9.89. The van der Waals surface area contributed by atoms with Crippen LogP contribution in [0.4, 0.5) is 0 Å². The number of aryl methyl sites for hydroxylation is 3. The van der Waals surface area contributed by atoms with Gasteiger partial charge in [0.2, 0.25) is 17.6 Å². The topological polar surface area (TPSA) is 80.9 Å². The van der Waals surface area contributed by atoms with Crippen LogP contribution < -0.4 is 5.32 Å². The van der Waals surface area contributed by atoms with Crippen molar-refractivity contribution in [2.24, 2.45) is 0 Å². The minimum atomic E-state index is 0.00955. The first-order valence-electron chi connectivity index (χ1n) is 10.3. The van der Waals surface area contributed by atoms with Gasteiger partial charge in [0.15, 0.2) is 0 Å². The first-order valence-corrected chi connectivity index (χ1v) is 10.3. The quantitative estimate of drug-likeness (QED) is 0.653. The predicted octanol–water partition coefficient (Wildman–Crippen LogP) is 4.21. The van der Waals surface area contributed by atoms with E-state index in [9.17, 15) is 4.79 Å². The van der Waals surface area contributed by atoms with Crippen LogP contribution in [0.3, 0.4) is 0 Å². The van der Waals surface area contributed by atoms with Gasteiger partial charge in [-0.15, -0.1) is 0 Å². The Kier molecular flexibility index (Phi) is 5.98. The number of nitrogens with one attached hydrogen (secondary N) is 1. The molecule has 1 N–H and O–H groups in total. The van der Waals surface area contributed by atoms with Crippen LogP contribution in [0.25, 0.3) is 11.4 Å². The van der Waals surface area contributed by atoms with Crippen molar-refractivity contribution in [1.29, 1.82) is 0 Å². The van der Waals surface area contributed by atoms with Crippen LogP contribution in [0.2, 0.25) is 0 Å². The lowest BCUT2D eigenvalue weighted by Crippen LogP contribution is -2.26. The van der Waals surface area contributed by atoms with E-state index < -0.39 is 0 Å². The zero-order valence-corrected chi connectivity index (χ0v) is 16.7. The molecule has 4 rings (SSSR count). The number of carbonyl (C=O) groups excluding carboxylic acids is 1. The molecule has 29 heavy (non-hydrogen) atoms. The summed E-state index contributed by atoms with van der Waals surface area (Å²) in [4.78, 5) is 20.8. The van der Waals surface area contributed by atoms with Gasteiger partial charge in [-0.05, 0) is 67.9 Å². The number of carbonyl (C=O) groups is 1. The first-order chi connectivity index (χ1) is 14.2. The molecule has 1 aliphatic rings. The Morgan fingerprint density at radius 2 is 2.07 bits per heavy atom. The highest BCUT2D eigenvalue weighted by molar-refractivity contribution is 5.76. The summed E-state index contributed by atoms with van der Waals surface area (Å²) in [5.41, 5.74) is 4.90. The Labute approximate surface area is 170 Å². The van der Waals surface area contributed by atoms with E-state index in [4.69, 9.17) is 4.52 Å². The summed E-state index contributed by atoms with van der Waals surface area (Å²) in [7, 11) is 0. The van der Waals surface area contributed by atoms with Crippen LogP contribution in [-0.4, -0.2) is 21.0 Å². The molecule has 0 saturated heterocycles. The van der Waals surface area contributed by atoms with Crippen LogP contribution in [0.15, 0.2) is 47.2 Å². The molecule has 2 heterocycles. The Bertz CT molecular complexity index is 968. The number of rotatable bonds is 7. The molecule has 0 saturated carbocycles. The summed E-state index contributed by atoms with van der Waals surface area (Å²) in [6.45, 7) is 2.04. The van der Waals surface area contributed by atoms with Gasteiger partial charge >= 0.3 is 0 Å². The van der Waals surface area contributed by atoms with Crippen LogP contribution in [-0.2, 0) is 24.1 Å². The average molecular weight is 390 g/mol. The molecule has 0 fully saturated rings. The van der Waals surface area contributed by atoms with Crippen LogP contribution >= 0.6 is 0 Å². The normalized spacial score (nSPS) is 14.2. The number of fused-ring (bicyclic) bond motifs is 1. The summed E-state index contributed by atoms with van der Waals surface area (Å²) in [6, 6.07) is 10.4. The van der Waals surface area contributed by atoms with Crippen molar-refractivity contribution in [3.05, 3.63) is 65.3 Å². The fourth-order valence-electron chi connectivity index (χ4n) is 3.79. The Morgan fingerprint density at radius 3 is 2.90 bits per heavy atom. The van der Waals surface area contributed by atoms with Crippen molar-refractivity contribution in [2.45, 2.75) is 57.9 Å². The molecule has 6 nitrogen and oxygen atoms in total. The van der Waals surface area contributed by atoms with Gasteiger partial charge in [-0.25, -0.2) is 0 Å². The highest BCUT2D eigenvalue weighted by Crippen LogP contribution is 2.25. The number of nitrogens with zero attached hydrogens (tertiary/aromatic N) is 3. The van der Waals surface area contributed by atoms with E-state index in [1.54, 1.807) is 12.4 Å². The smallest absolute Gasteiger partial charge is 0.226 e. The molecule has 2 aromatic heterocycles. The van der Waals surface area contributed by atoms with E-state index in [1.165, 1.54) is 36.0 Å². The number of pyridine rings is 1. The van der Waals surface area contributed by atoms with Crippen LogP contribution in [0.5, 0.6) is 0 Å². The maximum Gasteiger partial charge on any atom is 0.226 e. The number of hydrogen-bond donors (Lipinski definition) is 1. The van der Waals surface area contributed by atoms with Crippen molar-refractivity contribution in [3.8, 4) is 11.4 Å². The summed E-state index contributed by atoms with van der Waals surface area (Å²) in [6.07, 6.45) is 9.94. The number of aromatic nitrogens is 3. The molecule has 1 aliphatic carbocycles. The second-order valence-corrected chi connectivity index (χ2v) is 7.63. The van der Waals surface area contributed by atoms with Crippen molar-refractivity contribution >= 4 is 5.91 Å². The molecular weight excluding hydrogens is 364 g/mol. The van der Waals surface area contributed by atoms with E-state index in [1.807, 2.05) is 19.1 Å². The zero-order valence-electron chi connectivity index (χ0n) is 16.7. The van der Waals surface area contributed by atoms with Crippen molar-refractivity contribution in [1.82, 2.24) is 20.4 Å². The highest BCUT2D eigenvalue weighted by Gasteiger charge is 2.15. The van der Waals surface area contributed by atoms with Gasteiger partial charge in [-0.3, -0.25) is 9.78 Å². The molecular formula is C23H26N4O2. The number of benzene rings is 1. The second kappa shape index (κ2) is 8.99. The van der Waals surface area contributed by atoms with Gasteiger partial charge in [0.05, 0.1) is 6.04 Å². The molecule has 0 aliphatic heterocycles. The van der Waals surface area contributed by atoms with Crippen molar-refractivity contribution in [3.63, 3.8) is 0 Å². The van der Waals surface area contributed by atoms with Gasteiger partial charge in [0.25, 0.3) is 0 Å². The van der Waals surface area contributed by atoms with Gasteiger partial charge in [-0.2, -0.15) is 4.98 Å². The van der Waals surface area contributed by atoms with Gasteiger partial charge in [0, 0.05) is 30.8 Å². The Morgan fingerprint density at radius 1 is 1.21 bits per heavy atom. The van der Waals surface area contributed by atoms with Gasteiger partial charge < -0.3 is 9.84 Å². The third-order valence-corrected chi connectivity index (χ3v) is 5.43. The summed E-state index contributed by atoms with van der Waals surface area (Å²) in [5.74, 6) is 1.11. The minimum Gasteiger partial charge on any atom is -0.350 e. The standard InChI is InChI=1S/C23H26N4O2/c1-16(18-12-11-17-6-2-3-7-19(17)14-18)25-21(28)9-4-10-22-26-23(27-29-22)20-8-5-13-24-15-20/h5,8,11-16H,2-4,6-7,9-10H2,1H3,(H,25,28)/t16-/m0/s1. The predicted molar refractivity (Wildman–Crippen MR) is 110 cm³/mol. The monoisotopic (exact) mass is 390 g/mol. The van der Waals surface area contributed by atoms with Crippen molar-refractivity contribution < 1.29 is 9.32 Å². The second-order valence-electron chi connectivity index (χ2n) is 7.63. The third kappa shape index (κ3) is 4.88. The van der Waals surface area contributed by atoms with Crippen LogP contribution in [0.1, 0.15) is 61.2 Å². The molecule has 6 heteroatoms. The summed E-state index contributed by atoms with van der Waals surface area (Å²) >= 11 is 0. The number of hydrogen-bond acceptors (Lipinski definition) is 5. The van der Waals surface area contributed by atoms with Gasteiger partial charge in [-0.1, -0.05) is 23.4 Å². The zero-order chi connectivity index (χ0) is 20.1. The SMILES string of the molecule is C[C@H](NC(=O)CCCc1nc(-c2cccnc2)no1)c1ccc2c(c1)CCCC2. The summed E-state index contributed by atoms with van der Waals surface area (Å²) < 4.78 is 5.28. The third-order valence-electron chi connectivity index (χ3n) is 5.43. The average Bonchev–Trinajstić information content (AvgIpc) is 3.23. The van der Waals surface area contributed by atoms with Crippen molar-refractivity contribution in [2.75, 3.05) is 0 Å². The first kappa shape index (κ1) is 19.3. The maximum atomic E-state index is 12.3. The molecule has 0 bridgehead atoms. The minimum absolute atomic E-state index is 0.00955. The largest absolute Gasteiger partial charge is 0.350 e. The lowest BCUT2D eigenvalue weighted by molar-refractivity contribution is -0.121. The van der Waals surface area contributed by atoms with Gasteiger partial charge in [0.1, 0.15) is 0 Å². The highest BCUT2D eigenvalue weighted by atomic mass is 16.5. The molecule has 3 aromatic rings. The Balaban J connectivity index is 1.25. The summed E-state index contributed by atoms with van der Waals surface area (Å²) in [5, 5.41) is 7.09. The van der Waals surface area contributed by atoms with E-state index in [-0.39, 0.29) is 11.9 Å².